The molecular weight excluding hydrogens is 358 g/mol. The maximum absolute atomic E-state index is 12.5. The molecule has 1 unspecified atom stereocenters. The summed E-state index contributed by atoms with van der Waals surface area (Å²) in [5, 5.41) is 2.94. The summed E-state index contributed by atoms with van der Waals surface area (Å²) in [6.45, 7) is 5.81. The van der Waals surface area contributed by atoms with Gasteiger partial charge in [0.1, 0.15) is 11.3 Å². The van der Waals surface area contributed by atoms with Crippen LogP contribution in [0.4, 0.5) is 0 Å². The van der Waals surface area contributed by atoms with Crippen LogP contribution in [0.25, 0.3) is 0 Å². The molecule has 1 aliphatic carbocycles. The van der Waals surface area contributed by atoms with Crippen molar-refractivity contribution in [3.8, 4) is 5.75 Å². The van der Waals surface area contributed by atoms with E-state index in [9.17, 15) is 14.4 Å². The Kier molecular flexibility index (Phi) is 5.53. The summed E-state index contributed by atoms with van der Waals surface area (Å²) in [4.78, 5) is 38.6. The monoisotopic (exact) mass is 383 g/mol. The van der Waals surface area contributed by atoms with Crippen molar-refractivity contribution in [1.82, 2.24) is 10.3 Å². The molecule has 2 aromatic rings. The highest BCUT2D eigenvalue weighted by Gasteiger charge is 2.25. The predicted molar refractivity (Wildman–Crippen MR) is 106 cm³/mol. The number of fused-ring (bicyclic) bond motifs is 1. The summed E-state index contributed by atoms with van der Waals surface area (Å²) in [6, 6.07) is 5.23. The second-order valence-corrected chi connectivity index (χ2v) is 7.34. The number of benzene rings is 1. The van der Waals surface area contributed by atoms with E-state index in [4.69, 9.17) is 10.5 Å². The summed E-state index contributed by atoms with van der Waals surface area (Å²) in [5.41, 5.74) is 9.27. The molecule has 0 fully saturated rings. The third-order valence-electron chi connectivity index (χ3n) is 5.01. The molecule has 3 rings (SSSR count). The number of hydrogen-bond acceptors (Lipinski definition) is 4. The minimum Gasteiger partial charge on any atom is -0.483 e. The van der Waals surface area contributed by atoms with Crippen molar-refractivity contribution < 1.29 is 14.3 Å². The topological polar surface area (TPSA) is 114 Å². The second-order valence-electron chi connectivity index (χ2n) is 7.34. The van der Waals surface area contributed by atoms with Crippen LogP contribution in [0.5, 0.6) is 5.75 Å². The van der Waals surface area contributed by atoms with E-state index in [0.717, 1.165) is 34.4 Å². The van der Waals surface area contributed by atoms with Gasteiger partial charge >= 0.3 is 0 Å². The largest absolute Gasteiger partial charge is 0.483 e. The number of primary amides is 1. The van der Waals surface area contributed by atoms with Gasteiger partial charge in [0.2, 0.25) is 0 Å². The summed E-state index contributed by atoms with van der Waals surface area (Å²) >= 11 is 0. The lowest BCUT2D eigenvalue weighted by atomic mass is 9.90. The van der Waals surface area contributed by atoms with Crippen LogP contribution in [-0.2, 0) is 11.2 Å². The van der Waals surface area contributed by atoms with Gasteiger partial charge in [-0.1, -0.05) is 17.7 Å². The minimum absolute atomic E-state index is 0.0953. The Labute approximate surface area is 163 Å². The number of pyridine rings is 1. The minimum atomic E-state index is -0.784. The molecule has 2 amide bonds. The van der Waals surface area contributed by atoms with Gasteiger partial charge in [-0.15, -0.1) is 0 Å². The zero-order valence-corrected chi connectivity index (χ0v) is 16.3. The van der Waals surface area contributed by atoms with Crippen molar-refractivity contribution in [2.45, 2.75) is 46.1 Å². The highest BCUT2D eigenvalue weighted by Crippen LogP contribution is 2.28. The van der Waals surface area contributed by atoms with Gasteiger partial charge < -0.3 is 20.8 Å². The van der Waals surface area contributed by atoms with Crippen LogP contribution >= 0.6 is 0 Å². The van der Waals surface area contributed by atoms with Crippen molar-refractivity contribution in [2.24, 2.45) is 5.73 Å². The summed E-state index contributed by atoms with van der Waals surface area (Å²) in [7, 11) is 0. The molecule has 1 aliphatic rings. The number of carbonyl (C=O) groups excluding carboxylic acids is 2. The number of carbonyl (C=O) groups is 2. The van der Waals surface area contributed by atoms with Gasteiger partial charge in [-0.05, 0) is 62.8 Å². The van der Waals surface area contributed by atoms with Crippen molar-refractivity contribution in [2.75, 3.05) is 6.61 Å². The van der Waals surface area contributed by atoms with Crippen LogP contribution in [0.2, 0.25) is 0 Å². The molecular formula is C21H25N3O4. The lowest BCUT2D eigenvalue weighted by Crippen LogP contribution is -2.36. The number of ether oxygens (including phenoxy) is 1. The van der Waals surface area contributed by atoms with Crippen LogP contribution in [0.15, 0.2) is 23.0 Å². The molecule has 1 aromatic heterocycles. The number of nitrogens with one attached hydrogen (secondary N) is 2. The average Bonchev–Trinajstić information content (AvgIpc) is 2.60. The molecule has 1 aromatic carbocycles. The van der Waals surface area contributed by atoms with Crippen molar-refractivity contribution >= 4 is 11.8 Å². The number of rotatable bonds is 5. The first-order chi connectivity index (χ1) is 13.3. The third kappa shape index (κ3) is 4.08. The quantitative estimate of drug-likeness (QED) is 0.732. The van der Waals surface area contributed by atoms with Crippen LogP contribution in [0.1, 0.15) is 57.2 Å². The van der Waals surface area contributed by atoms with Crippen LogP contribution in [0.3, 0.4) is 0 Å². The van der Waals surface area contributed by atoms with Crippen molar-refractivity contribution in [3.63, 3.8) is 0 Å². The Hall–Kier alpha value is -3.09. The lowest BCUT2D eigenvalue weighted by molar-refractivity contribution is -0.124. The normalized spacial score (nSPS) is 15.6. The molecule has 148 valence electrons. The standard InChI is InChI=1S/C21H25N3O4/c1-11-7-12(2)19(13(3)8-11)28-10-18(25)23-16-5-4-6-17-14(16)9-15(20(22)26)21(27)24-17/h7-9,16H,4-6,10H2,1-3H3,(H2,22,26)(H,23,25)(H,24,27). The van der Waals surface area contributed by atoms with Gasteiger partial charge in [-0.3, -0.25) is 14.4 Å². The first-order valence-corrected chi connectivity index (χ1v) is 9.32. The van der Waals surface area contributed by atoms with Gasteiger partial charge in [-0.2, -0.15) is 0 Å². The van der Waals surface area contributed by atoms with E-state index in [0.29, 0.717) is 18.6 Å². The van der Waals surface area contributed by atoms with Gasteiger partial charge in [0.25, 0.3) is 17.4 Å². The maximum Gasteiger partial charge on any atom is 0.261 e. The van der Waals surface area contributed by atoms with Crippen LogP contribution < -0.4 is 21.3 Å². The number of aromatic nitrogens is 1. The van der Waals surface area contributed by atoms with Crippen LogP contribution in [-0.4, -0.2) is 23.4 Å². The fourth-order valence-electron chi connectivity index (χ4n) is 3.84. The summed E-state index contributed by atoms with van der Waals surface area (Å²) in [6.07, 6.45) is 2.22. The number of nitrogens with two attached hydrogens (primary N) is 1. The zero-order valence-electron chi connectivity index (χ0n) is 16.3. The SMILES string of the molecule is Cc1cc(C)c(OCC(=O)NC2CCCc3[nH]c(=O)c(C(N)=O)cc32)c(C)c1. The molecule has 0 bridgehead atoms. The smallest absolute Gasteiger partial charge is 0.261 e. The number of amides is 2. The molecule has 7 heteroatoms. The Bertz CT molecular complexity index is 971. The van der Waals surface area contributed by atoms with Gasteiger partial charge in [0, 0.05) is 5.69 Å². The Morgan fingerprint density at radius 2 is 1.89 bits per heavy atom. The fraction of sp³-hybridized carbons (Fsp3) is 0.381. The fourth-order valence-corrected chi connectivity index (χ4v) is 3.84. The zero-order chi connectivity index (χ0) is 20.4. The number of aryl methyl sites for hydroxylation is 4. The first-order valence-electron chi connectivity index (χ1n) is 9.32. The van der Waals surface area contributed by atoms with E-state index in [-0.39, 0.29) is 24.1 Å². The average molecular weight is 383 g/mol. The Morgan fingerprint density at radius 1 is 1.21 bits per heavy atom. The molecule has 7 nitrogen and oxygen atoms in total. The molecule has 28 heavy (non-hydrogen) atoms. The Morgan fingerprint density at radius 3 is 2.54 bits per heavy atom. The molecule has 0 aliphatic heterocycles. The van der Waals surface area contributed by atoms with E-state index < -0.39 is 11.5 Å². The predicted octanol–water partition coefficient (Wildman–Crippen LogP) is 1.97. The van der Waals surface area contributed by atoms with E-state index in [1.807, 2.05) is 32.9 Å². The molecule has 0 spiro atoms. The highest BCUT2D eigenvalue weighted by atomic mass is 16.5. The maximum atomic E-state index is 12.5. The van der Waals surface area contributed by atoms with Crippen molar-refractivity contribution in [3.05, 3.63) is 62.1 Å². The van der Waals surface area contributed by atoms with Gasteiger partial charge in [0.15, 0.2) is 6.61 Å². The van der Waals surface area contributed by atoms with Crippen LogP contribution in [0, 0.1) is 20.8 Å². The summed E-state index contributed by atoms with van der Waals surface area (Å²) in [5.74, 6) is -0.331. The molecule has 4 N–H and O–H groups in total. The van der Waals surface area contributed by atoms with E-state index >= 15 is 0 Å². The summed E-state index contributed by atoms with van der Waals surface area (Å²) < 4.78 is 5.75. The van der Waals surface area contributed by atoms with E-state index in [1.54, 1.807) is 0 Å². The second kappa shape index (κ2) is 7.88. The van der Waals surface area contributed by atoms with E-state index in [2.05, 4.69) is 10.3 Å². The molecule has 0 saturated carbocycles. The first kappa shape index (κ1) is 19.7. The van der Waals surface area contributed by atoms with Gasteiger partial charge in [-0.25, -0.2) is 0 Å². The third-order valence-corrected chi connectivity index (χ3v) is 5.01. The van der Waals surface area contributed by atoms with E-state index in [1.165, 1.54) is 6.07 Å². The highest BCUT2D eigenvalue weighted by molar-refractivity contribution is 5.92. The molecule has 0 saturated heterocycles. The van der Waals surface area contributed by atoms with Crippen molar-refractivity contribution in [1.29, 1.82) is 0 Å². The number of hydrogen-bond donors (Lipinski definition) is 3. The lowest BCUT2D eigenvalue weighted by Gasteiger charge is -2.26. The number of H-pyrrole nitrogens is 1. The molecule has 0 radical (unpaired) electrons. The number of aromatic amines is 1. The molecule has 1 atom stereocenters. The Balaban J connectivity index is 1.73. The molecule has 1 heterocycles. The van der Waals surface area contributed by atoms with Gasteiger partial charge in [0.05, 0.1) is 6.04 Å².